The number of phenolic OH excluding ortho intramolecular Hbond substituents is 1. The number of urea groups is 1. The summed E-state index contributed by atoms with van der Waals surface area (Å²) < 4.78 is 5.09. The fourth-order valence-electron chi connectivity index (χ4n) is 2.96. The van der Waals surface area contributed by atoms with E-state index < -0.39 is 11.9 Å². The number of aryl methyl sites for hydroxylation is 2. The van der Waals surface area contributed by atoms with E-state index in [2.05, 4.69) is 10.5 Å². The van der Waals surface area contributed by atoms with Crippen LogP contribution in [-0.4, -0.2) is 44.8 Å². The van der Waals surface area contributed by atoms with Crippen LogP contribution >= 0.6 is 0 Å². The van der Waals surface area contributed by atoms with Crippen LogP contribution in [0.15, 0.2) is 40.7 Å². The average molecular weight is 383 g/mol. The molecule has 1 aliphatic heterocycles. The number of para-hydroxylation sites is 1. The molecule has 3 N–H and O–H groups in total. The van der Waals surface area contributed by atoms with Gasteiger partial charge in [0.1, 0.15) is 18.1 Å². The van der Waals surface area contributed by atoms with Gasteiger partial charge in [-0.1, -0.05) is 23.4 Å². The summed E-state index contributed by atoms with van der Waals surface area (Å²) >= 11 is 0. The molecule has 2 aromatic rings. The molecule has 0 spiro atoms. The number of carbonyl (C=O) groups excluding carboxylic acids is 2. The zero-order valence-electron chi connectivity index (χ0n) is 15.6. The van der Waals surface area contributed by atoms with Crippen LogP contribution in [0.4, 0.5) is 4.79 Å². The zero-order chi connectivity index (χ0) is 20.3. The second kappa shape index (κ2) is 7.95. The van der Waals surface area contributed by atoms with Crippen LogP contribution in [0.3, 0.4) is 0 Å². The molecule has 2 heterocycles. The second-order valence-corrected chi connectivity index (χ2v) is 6.39. The topological polar surface area (TPSA) is 123 Å². The monoisotopic (exact) mass is 383 g/mol. The molecule has 9 nitrogen and oxygen atoms in total. The molecule has 0 radical (unpaired) electrons. The number of nitrogens with one attached hydrogen (secondary N) is 2. The van der Waals surface area contributed by atoms with Crippen molar-refractivity contribution in [1.29, 1.82) is 5.41 Å². The van der Waals surface area contributed by atoms with Gasteiger partial charge in [-0.3, -0.25) is 4.79 Å². The highest BCUT2D eigenvalue weighted by Crippen LogP contribution is 2.22. The summed E-state index contributed by atoms with van der Waals surface area (Å²) in [6.45, 7) is 3.98. The third kappa shape index (κ3) is 3.73. The van der Waals surface area contributed by atoms with Crippen LogP contribution in [0, 0.1) is 19.3 Å². The maximum Gasteiger partial charge on any atom is 0.332 e. The maximum atomic E-state index is 12.7. The number of benzene rings is 1. The highest BCUT2D eigenvalue weighted by molar-refractivity contribution is 6.07. The van der Waals surface area contributed by atoms with Gasteiger partial charge in [0, 0.05) is 30.1 Å². The van der Waals surface area contributed by atoms with Crippen molar-refractivity contribution in [2.75, 3.05) is 6.54 Å². The number of phenols is 1. The minimum absolute atomic E-state index is 0.0603. The van der Waals surface area contributed by atoms with Gasteiger partial charge in [-0.05, 0) is 19.9 Å². The Morgan fingerprint density at radius 1 is 1.36 bits per heavy atom. The van der Waals surface area contributed by atoms with E-state index in [1.54, 1.807) is 25.1 Å². The van der Waals surface area contributed by atoms with Crippen molar-refractivity contribution in [3.05, 3.63) is 58.7 Å². The van der Waals surface area contributed by atoms with Crippen LogP contribution in [0.2, 0.25) is 0 Å². The number of amides is 3. The van der Waals surface area contributed by atoms with Gasteiger partial charge in [0.2, 0.25) is 0 Å². The van der Waals surface area contributed by atoms with E-state index in [0.29, 0.717) is 17.9 Å². The van der Waals surface area contributed by atoms with Crippen molar-refractivity contribution in [1.82, 2.24) is 20.3 Å². The number of aromatic nitrogens is 1. The van der Waals surface area contributed by atoms with E-state index in [9.17, 15) is 14.7 Å². The van der Waals surface area contributed by atoms with Gasteiger partial charge in [-0.25, -0.2) is 9.69 Å². The van der Waals surface area contributed by atoms with E-state index in [-0.39, 0.29) is 24.5 Å². The molecule has 1 fully saturated rings. The first-order valence-corrected chi connectivity index (χ1v) is 8.67. The number of carbonyl (C=O) groups is 2. The predicted molar refractivity (Wildman–Crippen MR) is 100 cm³/mol. The Morgan fingerprint density at radius 2 is 2.11 bits per heavy atom. The highest BCUT2D eigenvalue weighted by Gasteiger charge is 2.38. The van der Waals surface area contributed by atoms with Gasteiger partial charge in [0.05, 0.1) is 17.9 Å². The summed E-state index contributed by atoms with van der Waals surface area (Å²) in [4.78, 5) is 27.3. The summed E-state index contributed by atoms with van der Waals surface area (Å²) in [6.07, 6.45) is 2.39. The molecule has 0 unspecified atom stereocenters. The van der Waals surface area contributed by atoms with Gasteiger partial charge in [0.25, 0.3) is 5.91 Å². The average Bonchev–Trinajstić information content (AvgIpc) is 3.13. The molecule has 1 aromatic heterocycles. The Labute approximate surface area is 161 Å². The fraction of sp³-hybridized carbons (Fsp3) is 0.263. The molecule has 1 aromatic carbocycles. The number of allylic oxidation sites excluding steroid dienone is 1. The second-order valence-electron chi connectivity index (χ2n) is 6.39. The lowest BCUT2D eigenvalue weighted by Crippen LogP contribution is -2.33. The lowest BCUT2D eigenvalue weighted by molar-refractivity contribution is -0.123. The highest BCUT2D eigenvalue weighted by atomic mass is 16.5. The molecule has 1 aliphatic rings. The van der Waals surface area contributed by atoms with E-state index in [1.807, 2.05) is 6.92 Å². The third-order valence-electron chi connectivity index (χ3n) is 4.51. The van der Waals surface area contributed by atoms with Crippen molar-refractivity contribution in [3.8, 4) is 5.75 Å². The molecule has 0 bridgehead atoms. The molecule has 0 aliphatic carbocycles. The molecule has 0 atom stereocenters. The summed E-state index contributed by atoms with van der Waals surface area (Å²) in [5.74, 6) is 0.302. The molecule has 1 saturated heterocycles. The number of nitrogens with zero attached hydrogens (tertiary/aromatic N) is 3. The number of rotatable bonds is 7. The minimum atomic E-state index is -0.540. The first-order valence-electron chi connectivity index (χ1n) is 8.67. The zero-order valence-corrected chi connectivity index (χ0v) is 15.6. The number of imide groups is 1. The Kier molecular flexibility index (Phi) is 5.44. The first-order chi connectivity index (χ1) is 13.4. The molecular weight excluding hydrogens is 362 g/mol. The van der Waals surface area contributed by atoms with E-state index in [1.165, 1.54) is 17.2 Å². The van der Waals surface area contributed by atoms with Gasteiger partial charge in [-0.2, -0.15) is 0 Å². The SMILES string of the molecule is Cc1noc(C)c1CN/C=C(\C=N)N1C(=O)CN(Cc2ccccc2O)C1=O. The summed E-state index contributed by atoms with van der Waals surface area (Å²) in [7, 11) is 0. The number of hydrogen-bond acceptors (Lipinski definition) is 7. The van der Waals surface area contributed by atoms with E-state index in [4.69, 9.17) is 9.93 Å². The lowest BCUT2D eigenvalue weighted by Gasteiger charge is -2.18. The largest absolute Gasteiger partial charge is 0.508 e. The predicted octanol–water partition coefficient (Wildman–Crippen LogP) is 2.04. The lowest BCUT2D eigenvalue weighted by atomic mass is 10.2. The van der Waals surface area contributed by atoms with Gasteiger partial charge in [-0.15, -0.1) is 0 Å². The van der Waals surface area contributed by atoms with Crippen LogP contribution in [0.25, 0.3) is 0 Å². The summed E-state index contributed by atoms with van der Waals surface area (Å²) in [5, 5.41) is 24.3. The van der Waals surface area contributed by atoms with Gasteiger partial charge < -0.3 is 25.3 Å². The first kappa shape index (κ1) is 19.2. The fourth-order valence-corrected chi connectivity index (χ4v) is 2.96. The van der Waals surface area contributed by atoms with Crippen molar-refractivity contribution >= 4 is 18.2 Å². The quantitative estimate of drug-likeness (QED) is 0.497. The number of hydrogen-bond donors (Lipinski definition) is 3. The Hall–Kier alpha value is -3.62. The number of aromatic hydroxyl groups is 1. The van der Waals surface area contributed by atoms with Crippen LogP contribution in [0.1, 0.15) is 22.6 Å². The molecule has 9 heteroatoms. The smallest absolute Gasteiger partial charge is 0.332 e. The summed E-state index contributed by atoms with van der Waals surface area (Å²) in [5.41, 5.74) is 2.29. The van der Waals surface area contributed by atoms with Gasteiger partial charge in [0.15, 0.2) is 0 Å². The van der Waals surface area contributed by atoms with Crippen LogP contribution in [0.5, 0.6) is 5.75 Å². The summed E-state index contributed by atoms with van der Waals surface area (Å²) in [6, 6.07) is 6.10. The molecule has 0 saturated carbocycles. The van der Waals surface area contributed by atoms with E-state index >= 15 is 0 Å². The normalized spacial score (nSPS) is 14.7. The Balaban J connectivity index is 1.71. The molecule has 146 valence electrons. The Morgan fingerprint density at radius 3 is 2.75 bits per heavy atom. The minimum Gasteiger partial charge on any atom is -0.508 e. The molecule has 28 heavy (non-hydrogen) atoms. The molecule has 3 amide bonds. The van der Waals surface area contributed by atoms with E-state index in [0.717, 1.165) is 22.4 Å². The van der Waals surface area contributed by atoms with Crippen molar-refractivity contribution in [2.45, 2.75) is 26.9 Å². The molecular formula is C19H21N5O4. The van der Waals surface area contributed by atoms with Crippen LogP contribution in [-0.2, 0) is 17.9 Å². The van der Waals surface area contributed by atoms with Crippen molar-refractivity contribution in [2.24, 2.45) is 0 Å². The molecule has 3 rings (SSSR count). The third-order valence-corrected chi connectivity index (χ3v) is 4.51. The Bertz CT molecular complexity index is 930. The van der Waals surface area contributed by atoms with Crippen molar-refractivity contribution in [3.63, 3.8) is 0 Å². The maximum absolute atomic E-state index is 12.7. The van der Waals surface area contributed by atoms with Gasteiger partial charge >= 0.3 is 6.03 Å². The van der Waals surface area contributed by atoms with Crippen LogP contribution < -0.4 is 5.32 Å². The standard InChI is InChI=1S/C19H21N5O4/c1-12-16(13(2)28-22-12)9-21-8-15(7-20)24-18(26)11-23(19(24)27)10-14-5-3-4-6-17(14)25/h3-8,20-21,25H,9-11H2,1-2H3/b15-8+,20-7?. The van der Waals surface area contributed by atoms with Crippen molar-refractivity contribution < 1.29 is 19.2 Å².